The molecule has 0 saturated carbocycles. The quantitative estimate of drug-likeness (QED) is 0.801. The molecule has 114 valence electrons. The van der Waals surface area contributed by atoms with Crippen LogP contribution in [0.1, 0.15) is 30.5 Å². The van der Waals surface area contributed by atoms with E-state index in [4.69, 9.17) is 9.47 Å². The Bertz CT molecular complexity index is 571. The number of fused-ring (bicyclic) bond motifs is 1. The molecule has 1 aliphatic rings. The Labute approximate surface area is 124 Å². The fourth-order valence-electron chi connectivity index (χ4n) is 2.97. The summed E-state index contributed by atoms with van der Waals surface area (Å²) < 4.78 is 24.0. The van der Waals surface area contributed by atoms with Crippen molar-refractivity contribution >= 4 is 5.91 Å². The maximum Gasteiger partial charge on any atom is 0.282 e. The van der Waals surface area contributed by atoms with Crippen LogP contribution in [-0.4, -0.2) is 31.6 Å². The highest BCUT2D eigenvalue weighted by atomic mass is 19.1. The summed E-state index contributed by atoms with van der Waals surface area (Å²) in [4.78, 5) is 13.5. The van der Waals surface area contributed by atoms with E-state index < -0.39 is 11.7 Å². The van der Waals surface area contributed by atoms with Gasteiger partial charge in [0.25, 0.3) is 5.91 Å². The van der Waals surface area contributed by atoms with Crippen LogP contribution in [0, 0.1) is 0 Å². The van der Waals surface area contributed by atoms with Crippen molar-refractivity contribution in [1.29, 1.82) is 0 Å². The number of hydrogen-bond acceptors (Lipinski definition) is 3. The molecule has 4 nitrogen and oxygen atoms in total. The van der Waals surface area contributed by atoms with E-state index in [1.165, 1.54) is 4.90 Å². The second-order valence-electron chi connectivity index (χ2n) is 4.95. The van der Waals surface area contributed by atoms with E-state index in [-0.39, 0.29) is 6.04 Å². The molecular formula is C16H20FNO3. The maximum atomic E-state index is 13.2. The minimum Gasteiger partial charge on any atom is -0.493 e. The zero-order chi connectivity index (χ0) is 15.6. The van der Waals surface area contributed by atoms with Crippen LogP contribution in [0.2, 0.25) is 0 Å². The van der Waals surface area contributed by atoms with Crippen LogP contribution in [0.4, 0.5) is 4.39 Å². The zero-order valence-electron chi connectivity index (χ0n) is 12.6. The highest BCUT2D eigenvalue weighted by Gasteiger charge is 2.33. The van der Waals surface area contributed by atoms with Crippen LogP contribution in [-0.2, 0) is 11.2 Å². The monoisotopic (exact) mass is 293 g/mol. The number of amides is 1. The van der Waals surface area contributed by atoms with Crippen LogP contribution in [0.5, 0.6) is 11.5 Å². The molecule has 0 spiro atoms. The first-order chi connectivity index (χ1) is 10.0. The lowest BCUT2D eigenvalue weighted by Crippen LogP contribution is -2.40. The van der Waals surface area contributed by atoms with Gasteiger partial charge in [0.05, 0.1) is 20.3 Å². The lowest BCUT2D eigenvalue weighted by atomic mass is 9.90. The molecule has 1 amide bonds. The summed E-state index contributed by atoms with van der Waals surface area (Å²) >= 11 is 0. The van der Waals surface area contributed by atoms with Crippen LogP contribution in [0.15, 0.2) is 24.5 Å². The van der Waals surface area contributed by atoms with Crippen molar-refractivity contribution in [3.05, 3.63) is 35.7 Å². The topological polar surface area (TPSA) is 38.8 Å². The lowest BCUT2D eigenvalue weighted by Gasteiger charge is -2.37. The number of ether oxygens (including phenoxy) is 2. The van der Waals surface area contributed by atoms with Crippen molar-refractivity contribution in [1.82, 2.24) is 4.90 Å². The summed E-state index contributed by atoms with van der Waals surface area (Å²) in [5.41, 5.74) is 2.01. The number of halogens is 1. The number of nitrogens with zero attached hydrogens (tertiary/aromatic N) is 1. The number of carbonyl (C=O) groups excluding carboxylic acids is 1. The van der Waals surface area contributed by atoms with E-state index >= 15 is 0 Å². The molecule has 0 fully saturated rings. The van der Waals surface area contributed by atoms with Crippen LogP contribution in [0.3, 0.4) is 0 Å². The third-order valence-corrected chi connectivity index (χ3v) is 3.90. The van der Waals surface area contributed by atoms with E-state index in [1.54, 1.807) is 14.2 Å². The molecule has 2 rings (SSSR count). The molecule has 0 radical (unpaired) electrons. The van der Waals surface area contributed by atoms with Crippen molar-refractivity contribution in [2.45, 2.75) is 25.8 Å². The van der Waals surface area contributed by atoms with E-state index in [9.17, 15) is 9.18 Å². The van der Waals surface area contributed by atoms with Crippen LogP contribution in [0.25, 0.3) is 0 Å². The standard InChI is InChI=1S/C16H20FNO3/c1-5-13-11-6-7-14(20-3)15(21-4)12(11)8-9-18(13)16(19)10(2)17/h6-7,13H,2,5,8-9H2,1,3-4H3. The summed E-state index contributed by atoms with van der Waals surface area (Å²) in [6.07, 6.45) is 1.30. The van der Waals surface area contributed by atoms with Gasteiger partial charge in [0.2, 0.25) is 0 Å². The summed E-state index contributed by atoms with van der Waals surface area (Å²) in [5.74, 6) is -0.194. The molecule has 0 aromatic heterocycles. The summed E-state index contributed by atoms with van der Waals surface area (Å²) in [6.45, 7) is 5.52. The third-order valence-electron chi connectivity index (χ3n) is 3.90. The first kappa shape index (κ1) is 15.4. The van der Waals surface area contributed by atoms with Gasteiger partial charge in [-0.1, -0.05) is 19.6 Å². The van der Waals surface area contributed by atoms with Crippen molar-refractivity contribution in [2.75, 3.05) is 20.8 Å². The molecule has 1 heterocycles. The van der Waals surface area contributed by atoms with Gasteiger partial charge in [0.15, 0.2) is 17.3 Å². The molecular weight excluding hydrogens is 273 g/mol. The minimum atomic E-state index is -0.919. The Hall–Kier alpha value is -2.04. The Kier molecular flexibility index (Phi) is 4.50. The van der Waals surface area contributed by atoms with Gasteiger partial charge in [-0.3, -0.25) is 4.79 Å². The Morgan fingerprint density at radius 1 is 1.43 bits per heavy atom. The molecule has 0 aliphatic carbocycles. The van der Waals surface area contributed by atoms with Crippen LogP contribution < -0.4 is 9.47 Å². The lowest BCUT2D eigenvalue weighted by molar-refractivity contribution is -0.131. The summed E-state index contributed by atoms with van der Waals surface area (Å²) in [7, 11) is 3.19. The molecule has 1 atom stereocenters. The highest BCUT2D eigenvalue weighted by Crippen LogP contribution is 2.41. The first-order valence-electron chi connectivity index (χ1n) is 6.94. The van der Waals surface area contributed by atoms with E-state index in [0.717, 1.165) is 11.1 Å². The number of hydrogen-bond donors (Lipinski definition) is 0. The highest BCUT2D eigenvalue weighted by molar-refractivity contribution is 5.91. The van der Waals surface area contributed by atoms with Crippen LogP contribution >= 0.6 is 0 Å². The Morgan fingerprint density at radius 2 is 2.14 bits per heavy atom. The summed E-state index contributed by atoms with van der Waals surface area (Å²) in [6, 6.07) is 3.57. The Balaban J connectivity index is 2.48. The predicted molar refractivity (Wildman–Crippen MR) is 78.2 cm³/mol. The fraction of sp³-hybridized carbons (Fsp3) is 0.438. The van der Waals surface area contributed by atoms with Gasteiger partial charge in [-0.2, -0.15) is 0 Å². The Morgan fingerprint density at radius 3 is 2.67 bits per heavy atom. The second-order valence-corrected chi connectivity index (χ2v) is 4.95. The molecule has 0 N–H and O–H groups in total. The van der Waals surface area contributed by atoms with E-state index in [1.807, 2.05) is 19.1 Å². The second kappa shape index (κ2) is 6.16. The normalized spacial score (nSPS) is 17.1. The fourth-order valence-corrected chi connectivity index (χ4v) is 2.97. The predicted octanol–water partition coefficient (Wildman–Crippen LogP) is 3.02. The molecule has 1 aromatic rings. The molecule has 21 heavy (non-hydrogen) atoms. The SMILES string of the molecule is C=C(F)C(=O)N1CCc2c(ccc(OC)c2OC)C1CC. The minimum absolute atomic E-state index is 0.173. The van der Waals surface area contributed by atoms with Gasteiger partial charge < -0.3 is 14.4 Å². The largest absolute Gasteiger partial charge is 0.493 e. The molecule has 0 bridgehead atoms. The number of methoxy groups -OCH3 is 2. The zero-order valence-corrected chi connectivity index (χ0v) is 12.6. The molecule has 0 saturated heterocycles. The van der Waals surface area contributed by atoms with Crippen molar-refractivity contribution in [2.24, 2.45) is 0 Å². The maximum absolute atomic E-state index is 13.2. The van der Waals surface area contributed by atoms with Gasteiger partial charge >= 0.3 is 0 Å². The van der Waals surface area contributed by atoms with Crippen molar-refractivity contribution < 1.29 is 18.7 Å². The molecule has 1 aromatic carbocycles. The average Bonchev–Trinajstić information content (AvgIpc) is 2.51. The van der Waals surface area contributed by atoms with Gasteiger partial charge in [-0.25, -0.2) is 4.39 Å². The molecule has 1 unspecified atom stereocenters. The van der Waals surface area contributed by atoms with Crippen molar-refractivity contribution in [3.8, 4) is 11.5 Å². The molecule has 5 heteroatoms. The smallest absolute Gasteiger partial charge is 0.282 e. The summed E-state index contributed by atoms with van der Waals surface area (Å²) in [5, 5.41) is 0. The number of benzene rings is 1. The van der Waals surface area contributed by atoms with E-state index in [0.29, 0.717) is 30.9 Å². The number of rotatable bonds is 4. The van der Waals surface area contributed by atoms with Crippen molar-refractivity contribution in [3.63, 3.8) is 0 Å². The van der Waals surface area contributed by atoms with Gasteiger partial charge in [-0.15, -0.1) is 0 Å². The van der Waals surface area contributed by atoms with Gasteiger partial charge in [0.1, 0.15) is 0 Å². The van der Waals surface area contributed by atoms with Gasteiger partial charge in [-0.05, 0) is 24.5 Å². The van der Waals surface area contributed by atoms with Gasteiger partial charge in [0, 0.05) is 12.1 Å². The molecule has 1 aliphatic heterocycles. The first-order valence-corrected chi connectivity index (χ1v) is 6.94. The average molecular weight is 293 g/mol. The van der Waals surface area contributed by atoms with E-state index in [2.05, 4.69) is 6.58 Å². The third kappa shape index (κ3) is 2.60. The number of carbonyl (C=O) groups is 1.